The van der Waals surface area contributed by atoms with Crippen molar-refractivity contribution in [3.8, 4) is 0 Å². The summed E-state index contributed by atoms with van der Waals surface area (Å²) >= 11 is 0. The standard InChI is InChI=1S/C15H17NO4S/c1-21(19,20)13-7-10(12-8-14(17)16-15(12)18)6-9-4-2-3-5-11(9)13/h2-5,10,12-13H,6-8H2,1H3,(H,16,17,18)/t10-,12?,13?/m1/s1. The predicted molar refractivity (Wildman–Crippen MR) is 77.1 cm³/mol. The van der Waals surface area contributed by atoms with Crippen molar-refractivity contribution in [3.05, 3.63) is 35.4 Å². The Labute approximate surface area is 123 Å². The van der Waals surface area contributed by atoms with Crippen molar-refractivity contribution < 1.29 is 18.0 Å². The molecule has 0 radical (unpaired) electrons. The Morgan fingerprint density at radius 2 is 1.86 bits per heavy atom. The summed E-state index contributed by atoms with van der Waals surface area (Å²) in [7, 11) is -3.25. The first-order chi connectivity index (χ1) is 9.86. The number of rotatable bonds is 2. The molecule has 1 aliphatic carbocycles. The molecule has 2 amide bonds. The molecule has 1 N–H and O–H groups in total. The molecule has 1 aromatic carbocycles. The Balaban J connectivity index is 1.98. The minimum atomic E-state index is -3.25. The van der Waals surface area contributed by atoms with Crippen molar-refractivity contribution >= 4 is 21.7 Å². The normalized spacial score (nSPS) is 29.1. The van der Waals surface area contributed by atoms with E-state index in [0.717, 1.165) is 11.1 Å². The van der Waals surface area contributed by atoms with Crippen LogP contribution in [0.1, 0.15) is 29.2 Å². The van der Waals surface area contributed by atoms with E-state index >= 15 is 0 Å². The van der Waals surface area contributed by atoms with Crippen molar-refractivity contribution in [1.29, 1.82) is 0 Å². The lowest BCUT2D eigenvalue weighted by molar-refractivity contribution is -0.126. The van der Waals surface area contributed by atoms with E-state index in [9.17, 15) is 18.0 Å². The highest BCUT2D eigenvalue weighted by Crippen LogP contribution is 2.42. The second-order valence-corrected chi connectivity index (χ2v) is 8.17. The van der Waals surface area contributed by atoms with Gasteiger partial charge in [-0.25, -0.2) is 8.42 Å². The van der Waals surface area contributed by atoms with E-state index in [1.54, 1.807) is 0 Å². The predicted octanol–water partition coefficient (Wildman–Crippen LogP) is 0.997. The lowest BCUT2D eigenvalue weighted by Crippen LogP contribution is -2.32. The lowest BCUT2D eigenvalue weighted by atomic mass is 9.76. The molecule has 2 aliphatic rings. The number of amides is 2. The second kappa shape index (κ2) is 4.94. The van der Waals surface area contributed by atoms with Gasteiger partial charge >= 0.3 is 0 Å². The summed E-state index contributed by atoms with van der Waals surface area (Å²) < 4.78 is 24.2. The van der Waals surface area contributed by atoms with Gasteiger partial charge in [-0.1, -0.05) is 24.3 Å². The molecule has 0 aromatic heterocycles. The zero-order valence-electron chi connectivity index (χ0n) is 11.7. The van der Waals surface area contributed by atoms with Crippen molar-refractivity contribution in [2.24, 2.45) is 11.8 Å². The highest BCUT2D eigenvalue weighted by molar-refractivity contribution is 7.90. The van der Waals surface area contributed by atoms with Crippen molar-refractivity contribution in [1.82, 2.24) is 5.32 Å². The van der Waals surface area contributed by atoms with Gasteiger partial charge in [-0.2, -0.15) is 0 Å². The van der Waals surface area contributed by atoms with Crippen LogP contribution in [0.3, 0.4) is 0 Å². The van der Waals surface area contributed by atoms with Crippen LogP contribution in [0, 0.1) is 11.8 Å². The van der Waals surface area contributed by atoms with E-state index in [4.69, 9.17) is 0 Å². The molecule has 6 heteroatoms. The van der Waals surface area contributed by atoms with E-state index in [-0.39, 0.29) is 24.2 Å². The summed E-state index contributed by atoms with van der Waals surface area (Å²) in [5, 5.41) is 1.73. The molecule has 0 saturated carbocycles. The van der Waals surface area contributed by atoms with E-state index in [0.29, 0.717) is 12.8 Å². The van der Waals surface area contributed by atoms with E-state index in [1.807, 2.05) is 24.3 Å². The Kier molecular flexibility index (Phi) is 3.36. The van der Waals surface area contributed by atoms with Gasteiger partial charge in [-0.15, -0.1) is 0 Å². The van der Waals surface area contributed by atoms with Crippen LogP contribution in [-0.2, 0) is 25.8 Å². The number of imide groups is 1. The lowest BCUT2D eigenvalue weighted by Gasteiger charge is -2.32. The van der Waals surface area contributed by atoms with Gasteiger partial charge in [0.2, 0.25) is 11.8 Å². The summed E-state index contributed by atoms with van der Waals surface area (Å²) in [4.78, 5) is 23.3. The Bertz CT molecular complexity index is 710. The van der Waals surface area contributed by atoms with Crippen LogP contribution < -0.4 is 5.32 Å². The molecule has 1 aromatic rings. The van der Waals surface area contributed by atoms with Gasteiger partial charge in [0, 0.05) is 12.7 Å². The van der Waals surface area contributed by atoms with Gasteiger partial charge in [-0.3, -0.25) is 14.9 Å². The Morgan fingerprint density at radius 3 is 2.48 bits per heavy atom. The molecule has 0 bridgehead atoms. The third kappa shape index (κ3) is 2.60. The maximum absolute atomic E-state index is 12.1. The van der Waals surface area contributed by atoms with Gasteiger partial charge in [0.1, 0.15) is 0 Å². The number of carbonyl (C=O) groups excluding carboxylic acids is 2. The monoisotopic (exact) mass is 307 g/mol. The first kappa shape index (κ1) is 14.3. The highest BCUT2D eigenvalue weighted by Gasteiger charge is 2.42. The van der Waals surface area contributed by atoms with Crippen molar-refractivity contribution in [2.45, 2.75) is 24.5 Å². The van der Waals surface area contributed by atoms with Crippen LogP contribution in [0.15, 0.2) is 24.3 Å². The van der Waals surface area contributed by atoms with Crippen molar-refractivity contribution in [2.75, 3.05) is 6.26 Å². The van der Waals surface area contributed by atoms with Crippen LogP contribution in [0.25, 0.3) is 0 Å². The summed E-state index contributed by atoms with van der Waals surface area (Å²) in [5.41, 5.74) is 1.80. The first-order valence-electron chi connectivity index (χ1n) is 6.96. The quantitative estimate of drug-likeness (QED) is 0.827. The molecule has 2 unspecified atom stereocenters. The molecule has 112 valence electrons. The molecular weight excluding hydrogens is 290 g/mol. The molecule has 1 saturated heterocycles. The fourth-order valence-corrected chi connectivity index (χ4v) is 4.76. The summed E-state index contributed by atoms with van der Waals surface area (Å²) in [5.74, 6) is -1.04. The molecule has 0 spiro atoms. The SMILES string of the molecule is CS(=O)(=O)C1C[C@H](C2CC(=O)NC2=O)Cc2ccccc21. The Hall–Kier alpha value is -1.69. The number of carbonyl (C=O) groups is 2. The third-order valence-corrected chi connectivity index (χ3v) is 5.97. The molecule has 1 heterocycles. The van der Waals surface area contributed by atoms with Crippen LogP contribution in [0.4, 0.5) is 0 Å². The molecule has 1 aliphatic heterocycles. The number of hydrogen-bond acceptors (Lipinski definition) is 4. The minimum Gasteiger partial charge on any atom is -0.296 e. The second-order valence-electron chi connectivity index (χ2n) is 5.94. The molecule has 3 rings (SSSR count). The Morgan fingerprint density at radius 1 is 1.14 bits per heavy atom. The van der Waals surface area contributed by atoms with Crippen LogP contribution in [0.2, 0.25) is 0 Å². The average molecular weight is 307 g/mol. The van der Waals surface area contributed by atoms with Gasteiger partial charge in [-0.05, 0) is 29.9 Å². The number of fused-ring (bicyclic) bond motifs is 1. The van der Waals surface area contributed by atoms with E-state index in [2.05, 4.69) is 5.32 Å². The molecular formula is C15H17NO4S. The molecule has 5 nitrogen and oxygen atoms in total. The highest BCUT2D eigenvalue weighted by atomic mass is 32.2. The summed E-state index contributed by atoms with van der Waals surface area (Å²) in [6, 6.07) is 7.47. The maximum Gasteiger partial charge on any atom is 0.230 e. The number of sulfone groups is 1. The van der Waals surface area contributed by atoms with Crippen LogP contribution in [0.5, 0.6) is 0 Å². The molecule has 1 fully saturated rings. The fraction of sp³-hybridized carbons (Fsp3) is 0.467. The number of hydrogen-bond donors (Lipinski definition) is 1. The van der Waals surface area contributed by atoms with Crippen LogP contribution >= 0.6 is 0 Å². The summed E-state index contributed by atoms with van der Waals surface area (Å²) in [6.07, 6.45) is 2.45. The smallest absolute Gasteiger partial charge is 0.230 e. The zero-order valence-corrected chi connectivity index (χ0v) is 12.5. The maximum atomic E-state index is 12.1. The van der Waals surface area contributed by atoms with Gasteiger partial charge < -0.3 is 0 Å². The number of benzene rings is 1. The average Bonchev–Trinajstić information content (AvgIpc) is 2.75. The van der Waals surface area contributed by atoms with E-state index < -0.39 is 21.0 Å². The van der Waals surface area contributed by atoms with Gasteiger partial charge in [0.05, 0.1) is 11.2 Å². The van der Waals surface area contributed by atoms with Crippen LogP contribution in [-0.4, -0.2) is 26.5 Å². The van der Waals surface area contributed by atoms with Gasteiger partial charge in [0.15, 0.2) is 9.84 Å². The van der Waals surface area contributed by atoms with Crippen molar-refractivity contribution in [3.63, 3.8) is 0 Å². The zero-order chi connectivity index (χ0) is 15.2. The topological polar surface area (TPSA) is 80.3 Å². The summed E-state index contributed by atoms with van der Waals surface area (Å²) in [6.45, 7) is 0. The third-order valence-electron chi connectivity index (χ3n) is 4.49. The van der Waals surface area contributed by atoms with E-state index in [1.165, 1.54) is 6.26 Å². The minimum absolute atomic E-state index is 0.105. The first-order valence-corrected chi connectivity index (χ1v) is 8.92. The molecule has 21 heavy (non-hydrogen) atoms. The fourth-order valence-electron chi connectivity index (χ4n) is 3.47. The molecule has 3 atom stereocenters. The van der Waals surface area contributed by atoms with Gasteiger partial charge in [0.25, 0.3) is 0 Å². The largest absolute Gasteiger partial charge is 0.296 e. The number of nitrogens with one attached hydrogen (secondary N) is 1.